The fourth-order valence-corrected chi connectivity index (χ4v) is 1.78. The van der Waals surface area contributed by atoms with Gasteiger partial charge in [-0.25, -0.2) is 4.79 Å². The van der Waals surface area contributed by atoms with Crippen LogP contribution in [0.5, 0.6) is 5.75 Å². The van der Waals surface area contributed by atoms with Gasteiger partial charge in [-0.05, 0) is 43.3 Å². The molecule has 2 rings (SSSR count). The van der Waals surface area contributed by atoms with Crippen LogP contribution < -0.4 is 9.80 Å². The summed E-state index contributed by atoms with van der Waals surface area (Å²) in [5.74, 6) is 0.377. The average molecular weight is 271 g/mol. The van der Waals surface area contributed by atoms with Gasteiger partial charge in [-0.3, -0.25) is 0 Å². The number of carbonyl (C=O) groups is 1. The predicted octanol–water partition coefficient (Wildman–Crippen LogP) is 3.62. The Hall–Kier alpha value is -2.49. The van der Waals surface area contributed by atoms with Crippen LogP contribution in [0.1, 0.15) is 12.5 Å². The smallest absolute Gasteiger partial charge is 0.329 e. The van der Waals surface area contributed by atoms with E-state index in [4.69, 9.17) is 9.57 Å². The number of rotatable bonds is 4. The Balaban J connectivity index is 2.35. The van der Waals surface area contributed by atoms with Crippen molar-refractivity contribution in [3.05, 3.63) is 54.1 Å². The molecule has 0 heterocycles. The molecule has 0 unspecified atom stereocenters. The van der Waals surface area contributed by atoms with Crippen molar-refractivity contribution >= 4 is 17.3 Å². The van der Waals surface area contributed by atoms with E-state index < -0.39 is 0 Å². The first-order chi connectivity index (χ1) is 9.60. The molecule has 0 bridgehead atoms. The Morgan fingerprint density at radius 3 is 1.90 bits per heavy atom. The highest BCUT2D eigenvalue weighted by molar-refractivity contribution is 5.71. The van der Waals surface area contributed by atoms with E-state index >= 15 is 0 Å². The normalized spacial score (nSPS) is 9.95. The van der Waals surface area contributed by atoms with E-state index in [0.29, 0.717) is 0 Å². The highest BCUT2D eigenvalue weighted by atomic mass is 16.7. The third-order valence-corrected chi connectivity index (χ3v) is 2.80. The molecule has 0 atom stereocenters. The van der Waals surface area contributed by atoms with Gasteiger partial charge in [0.25, 0.3) is 0 Å². The van der Waals surface area contributed by atoms with Gasteiger partial charge in [-0.15, -0.1) is 0 Å². The van der Waals surface area contributed by atoms with Crippen LogP contribution in [0, 0.1) is 6.92 Å². The molecule has 104 valence electrons. The monoisotopic (exact) mass is 271 g/mol. The Morgan fingerprint density at radius 2 is 1.45 bits per heavy atom. The molecule has 0 aliphatic heterocycles. The molecule has 0 N–H and O–H groups in total. The summed E-state index contributed by atoms with van der Waals surface area (Å²) in [5, 5.41) is 1.50. The van der Waals surface area contributed by atoms with E-state index in [1.807, 2.05) is 55.5 Å². The molecule has 0 saturated heterocycles. The van der Waals surface area contributed by atoms with Crippen LogP contribution in [0.2, 0.25) is 0 Å². The van der Waals surface area contributed by atoms with Crippen molar-refractivity contribution in [3.63, 3.8) is 0 Å². The minimum Gasteiger partial charge on any atom is -0.497 e. The number of anilines is 2. The van der Waals surface area contributed by atoms with Crippen molar-refractivity contribution in [3.8, 4) is 5.75 Å². The third-order valence-electron chi connectivity index (χ3n) is 2.80. The van der Waals surface area contributed by atoms with Crippen molar-refractivity contribution < 1.29 is 14.4 Å². The van der Waals surface area contributed by atoms with Crippen LogP contribution >= 0.6 is 0 Å². The molecule has 20 heavy (non-hydrogen) atoms. The number of benzene rings is 2. The summed E-state index contributed by atoms with van der Waals surface area (Å²) in [4.78, 5) is 16.6. The van der Waals surface area contributed by atoms with Crippen LogP contribution in [0.4, 0.5) is 11.4 Å². The van der Waals surface area contributed by atoms with Gasteiger partial charge in [0, 0.05) is 6.92 Å². The van der Waals surface area contributed by atoms with Gasteiger partial charge in [0.05, 0.1) is 18.5 Å². The Labute approximate surface area is 118 Å². The molecule has 0 spiro atoms. The van der Waals surface area contributed by atoms with Crippen molar-refractivity contribution in [1.29, 1.82) is 0 Å². The van der Waals surface area contributed by atoms with Crippen LogP contribution in [-0.4, -0.2) is 13.1 Å². The number of carbonyl (C=O) groups excluding carboxylic acids is 1. The second-order valence-corrected chi connectivity index (χ2v) is 4.41. The zero-order valence-electron chi connectivity index (χ0n) is 11.8. The van der Waals surface area contributed by atoms with Crippen molar-refractivity contribution in [1.82, 2.24) is 0 Å². The van der Waals surface area contributed by atoms with Crippen LogP contribution in [0.3, 0.4) is 0 Å². The summed E-state index contributed by atoms with van der Waals surface area (Å²) in [7, 11) is 1.61. The number of ether oxygens (including phenoxy) is 1. The molecule has 2 aromatic rings. The van der Waals surface area contributed by atoms with Crippen LogP contribution in [-0.2, 0) is 9.63 Å². The van der Waals surface area contributed by atoms with E-state index in [1.54, 1.807) is 7.11 Å². The van der Waals surface area contributed by atoms with Crippen LogP contribution in [0.25, 0.3) is 0 Å². The van der Waals surface area contributed by atoms with Crippen molar-refractivity contribution in [2.75, 3.05) is 12.2 Å². The second-order valence-electron chi connectivity index (χ2n) is 4.41. The topological polar surface area (TPSA) is 38.8 Å². The average Bonchev–Trinajstić information content (AvgIpc) is 2.46. The summed E-state index contributed by atoms with van der Waals surface area (Å²) >= 11 is 0. The number of hydrogen-bond acceptors (Lipinski definition) is 4. The number of aryl methyl sites for hydroxylation is 1. The molecular formula is C16H17NO3. The highest BCUT2D eigenvalue weighted by Gasteiger charge is 2.13. The number of methoxy groups -OCH3 is 1. The fraction of sp³-hybridized carbons (Fsp3) is 0.188. The summed E-state index contributed by atoms with van der Waals surface area (Å²) in [5.41, 5.74) is 2.69. The zero-order valence-corrected chi connectivity index (χ0v) is 11.8. The van der Waals surface area contributed by atoms with Gasteiger partial charge < -0.3 is 9.57 Å². The number of hydrogen-bond donors (Lipinski definition) is 0. The van der Waals surface area contributed by atoms with Gasteiger partial charge >= 0.3 is 5.97 Å². The summed E-state index contributed by atoms with van der Waals surface area (Å²) in [6, 6.07) is 15.1. The molecular weight excluding hydrogens is 254 g/mol. The maximum absolute atomic E-state index is 11.3. The molecule has 2 aromatic carbocycles. The van der Waals surface area contributed by atoms with E-state index in [9.17, 15) is 4.79 Å². The lowest BCUT2D eigenvalue weighted by molar-refractivity contribution is -0.141. The molecule has 0 amide bonds. The largest absolute Gasteiger partial charge is 0.497 e. The number of nitrogens with zero attached hydrogens (tertiary/aromatic N) is 1. The van der Waals surface area contributed by atoms with Crippen LogP contribution in [0.15, 0.2) is 48.5 Å². The molecule has 0 aliphatic rings. The Bertz CT molecular complexity index is 576. The van der Waals surface area contributed by atoms with Crippen molar-refractivity contribution in [2.24, 2.45) is 0 Å². The summed E-state index contributed by atoms with van der Waals surface area (Å²) in [6.07, 6.45) is 0. The van der Waals surface area contributed by atoms with E-state index in [1.165, 1.54) is 12.0 Å². The fourth-order valence-electron chi connectivity index (χ4n) is 1.78. The first kappa shape index (κ1) is 13.9. The predicted molar refractivity (Wildman–Crippen MR) is 78.1 cm³/mol. The van der Waals surface area contributed by atoms with Gasteiger partial charge in [0.15, 0.2) is 0 Å². The highest BCUT2D eigenvalue weighted by Crippen LogP contribution is 2.27. The first-order valence-electron chi connectivity index (χ1n) is 6.29. The van der Waals surface area contributed by atoms with E-state index in [-0.39, 0.29) is 5.97 Å². The molecule has 0 saturated carbocycles. The molecule has 4 nitrogen and oxygen atoms in total. The SMILES string of the molecule is COc1ccc(N(OC(C)=O)c2ccc(C)cc2)cc1. The lowest BCUT2D eigenvalue weighted by Gasteiger charge is -2.22. The molecule has 0 aliphatic carbocycles. The summed E-state index contributed by atoms with van der Waals surface area (Å²) in [6.45, 7) is 3.39. The van der Waals surface area contributed by atoms with Gasteiger partial charge in [-0.2, -0.15) is 5.06 Å². The maximum Gasteiger partial charge on any atom is 0.329 e. The second kappa shape index (κ2) is 6.10. The lowest BCUT2D eigenvalue weighted by Crippen LogP contribution is -2.20. The minimum absolute atomic E-state index is 0.374. The van der Waals surface area contributed by atoms with E-state index in [2.05, 4.69) is 0 Å². The minimum atomic E-state index is -0.374. The summed E-state index contributed by atoms with van der Waals surface area (Å²) < 4.78 is 5.13. The zero-order chi connectivity index (χ0) is 14.5. The standard InChI is InChI=1S/C16H17NO3/c1-12-4-6-14(7-5-12)17(20-13(2)18)15-8-10-16(19-3)11-9-15/h4-11H,1-3H3. The first-order valence-corrected chi connectivity index (χ1v) is 6.29. The lowest BCUT2D eigenvalue weighted by atomic mass is 10.2. The quantitative estimate of drug-likeness (QED) is 0.796. The van der Waals surface area contributed by atoms with Gasteiger partial charge in [-0.1, -0.05) is 17.7 Å². The Kier molecular flexibility index (Phi) is 4.25. The van der Waals surface area contributed by atoms with Crippen molar-refractivity contribution in [2.45, 2.75) is 13.8 Å². The van der Waals surface area contributed by atoms with Gasteiger partial charge in [0.2, 0.25) is 0 Å². The maximum atomic E-state index is 11.3. The van der Waals surface area contributed by atoms with E-state index in [0.717, 1.165) is 22.7 Å². The Morgan fingerprint density at radius 1 is 0.950 bits per heavy atom. The third kappa shape index (κ3) is 3.29. The molecule has 0 fully saturated rings. The molecule has 0 aromatic heterocycles. The van der Waals surface area contributed by atoms with Gasteiger partial charge in [0.1, 0.15) is 5.75 Å². The molecule has 4 heteroatoms. The molecule has 0 radical (unpaired) electrons.